The van der Waals surface area contributed by atoms with Gasteiger partial charge in [0.1, 0.15) is 0 Å². The molecule has 0 saturated carbocycles. The summed E-state index contributed by atoms with van der Waals surface area (Å²) in [7, 11) is 0. The van der Waals surface area contributed by atoms with Gasteiger partial charge in [-0.1, -0.05) is 18.2 Å². The molecule has 0 fully saturated rings. The molecule has 1 amide bonds. The molecule has 0 bridgehead atoms. The van der Waals surface area contributed by atoms with E-state index in [1.807, 2.05) is 30.3 Å². The van der Waals surface area contributed by atoms with Gasteiger partial charge in [-0.15, -0.1) is 11.8 Å². The Morgan fingerprint density at radius 3 is 2.50 bits per heavy atom. The van der Waals surface area contributed by atoms with E-state index in [1.54, 1.807) is 25.6 Å². The fourth-order valence-electron chi connectivity index (χ4n) is 1.49. The monoisotopic (exact) mass is 295 g/mol. The molecule has 1 aromatic carbocycles. The Hall–Kier alpha value is -1.49. The molecule has 0 saturated heterocycles. The predicted molar refractivity (Wildman–Crippen MR) is 80.8 cm³/mol. The number of carbonyl (C=O) groups excluding carboxylic acids is 1. The first-order valence-corrected chi connectivity index (χ1v) is 7.58. The topological polar surface area (TPSA) is 66.4 Å². The Balaban J connectivity index is 2.17. The molecular weight excluding hydrogens is 274 g/mol. The maximum Gasteiger partial charge on any atom is 0.309 e. The van der Waals surface area contributed by atoms with E-state index in [1.165, 1.54) is 0 Å². The van der Waals surface area contributed by atoms with Gasteiger partial charge in [0.25, 0.3) is 0 Å². The number of hydrogen-bond acceptors (Lipinski definition) is 3. The summed E-state index contributed by atoms with van der Waals surface area (Å²) in [6, 6.07) is 9.92. The van der Waals surface area contributed by atoms with Crippen molar-refractivity contribution in [3.8, 4) is 0 Å². The number of benzene rings is 1. The number of hydrogen-bond donors (Lipinski definition) is 2. The number of carbonyl (C=O) groups is 2. The molecule has 0 spiro atoms. The molecule has 0 radical (unpaired) electrons. The van der Waals surface area contributed by atoms with Crippen LogP contribution in [0, 0.1) is 5.41 Å². The summed E-state index contributed by atoms with van der Waals surface area (Å²) in [5.41, 5.74) is -0.800. The molecule has 0 aromatic heterocycles. The van der Waals surface area contributed by atoms with Gasteiger partial charge in [0.2, 0.25) is 5.91 Å². The molecular formula is C15H21NO3S. The quantitative estimate of drug-likeness (QED) is 0.724. The van der Waals surface area contributed by atoms with Crippen LogP contribution in [0.25, 0.3) is 0 Å². The summed E-state index contributed by atoms with van der Waals surface area (Å²) >= 11 is 1.64. The maximum absolute atomic E-state index is 11.6. The highest BCUT2D eigenvalue weighted by Gasteiger charge is 2.26. The second-order valence-corrected chi connectivity index (χ2v) is 6.37. The van der Waals surface area contributed by atoms with Gasteiger partial charge in [-0.3, -0.25) is 9.59 Å². The van der Waals surface area contributed by atoms with Crippen molar-refractivity contribution in [2.45, 2.75) is 31.6 Å². The SMILES string of the molecule is CC(C)(CCNC(=O)CCSc1ccccc1)C(=O)O. The fourth-order valence-corrected chi connectivity index (χ4v) is 2.36. The van der Waals surface area contributed by atoms with Crippen LogP contribution in [-0.4, -0.2) is 29.3 Å². The van der Waals surface area contributed by atoms with Crippen molar-refractivity contribution in [2.24, 2.45) is 5.41 Å². The molecule has 0 unspecified atom stereocenters. The van der Waals surface area contributed by atoms with Crippen molar-refractivity contribution in [3.05, 3.63) is 30.3 Å². The fraction of sp³-hybridized carbons (Fsp3) is 0.467. The summed E-state index contributed by atoms with van der Waals surface area (Å²) in [5.74, 6) is -0.154. The second-order valence-electron chi connectivity index (χ2n) is 5.20. The number of amides is 1. The van der Waals surface area contributed by atoms with E-state index in [-0.39, 0.29) is 5.91 Å². The Bertz CT molecular complexity index is 446. The minimum absolute atomic E-state index is 0.0328. The van der Waals surface area contributed by atoms with Crippen molar-refractivity contribution in [1.29, 1.82) is 0 Å². The zero-order valence-electron chi connectivity index (χ0n) is 11.9. The van der Waals surface area contributed by atoms with Crippen LogP contribution in [-0.2, 0) is 9.59 Å². The molecule has 0 heterocycles. The van der Waals surface area contributed by atoms with E-state index in [9.17, 15) is 9.59 Å². The number of carboxylic acid groups (broad SMARTS) is 1. The molecule has 110 valence electrons. The lowest BCUT2D eigenvalue weighted by Crippen LogP contribution is -2.32. The third-order valence-corrected chi connectivity index (χ3v) is 4.01. The van der Waals surface area contributed by atoms with Crippen LogP contribution < -0.4 is 5.32 Å². The highest BCUT2D eigenvalue weighted by molar-refractivity contribution is 7.99. The molecule has 0 atom stereocenters. The minimum atomic E-state index is -0.841. The third-order valence-electron chi connectivity index (χ3n) is 2.99. The zero-order valence-corrected chi connectivity index (χ0v) is 12.7. The van der Waals surface area contributed by atoms with Gasteiger partial charge in [0, 0.05) is 23.6 Å². The Labute approximate surface area is 124 Å². The van der Waals surface area contributed by atoms with Crippen LogP contribution in [0.1, 0.15) is 26.7 Å². The van der Waals surface area contributed by atoms with Crippen LogP contribution in [0.3, 0.4) is 0 Å². The summed E-state index contributed by atoms with van der Waals surface area (Å²) in [5, 5.41) is 11.7. The van der Waals surface area contributed by atoms with Crippen molar-refractivity contribution in [1.82, 2.24) is 5.32 Å². The first-order valence-electron chi connectivity index (χ1n) is 6.60. The van der Waals surface area contributed by atoms with Crippen LogP contribution in [0.5, 0.6) is 0 Å². The largest absolute Gasteiger partial charge is 0.481 e. The van der Waals surface area contributed by atoms with Crippen LogP contribution in [0.2, 0.25) is 0 Å². The molecule has 1 aromatic rings. The van der Waals surface area contributed by atoms with Gasteiger partial charge in [-0.05, 0) is 32.4 Å². The van der Waals surface area contributed by atoms with Crippen molar-refractivity contribution in [3.63, 3.8) is 0 Å². The Kier molecular flexibility index (Phi) is 6.58. The number of aliphatic carboxylic acids is 1. The van der Waals surface area contributed by atoms with Gasteiger partial charge in [-0.25, -0.2) is 0 Å². The van der Waals surface area contributed by atoms with E-state index in [0.29, 0.717) is 19.4 Å². The van der Waals surface area contributed by atoms with Gasteiger partial charge in [-0.2, -0.15) is 0 Å². The van der Waals surface area contributed by atoms with Crippen LogP contribution in [0.4, 0.5) is 0 Å². The number of thioether (sulfide) groups is 1. The van der Waals surface area contributed by atoms with Crippen LogP contribution >= 0.6 is 11.8 Å². The van der Waals surface area contributed by atoms with E-state index >= 15 is 0 Å². The summed E-state index contributed by atoms with van der Waals surface area (Å²) in [4.78, 5) is 23.7. The van der Waals surface area contributed by atoms with Crippen molar-refractivity contribution in [2.75, 3.05) is 12.3 Å². The summed E-state index contributed by atoms with van der Waals surface area (Å²) in [6.07, 6.45) is 0.868. The molecule has 0 aliphatic rings. The average molecular weight is 295 g/mol. The highest BCUT2D eigenvalue weighted by atomic mass is 32.2. The summed E-state index contributed by atoms with van der Waals surface area (Å²) in [6.45, 7) is 3.72. The number of carboxylic acids is 1. The molecule has 20 heavy (non-hydrogen) atoms. The first-order chi connectivity index (χ1) is 9.42. The van der Waals surface area contributed by atoms with Gasteiger partial charge >= 0.3 is 5.97 Å². The normalized spacial score (nSPS) is 11.1. The zero-order chi connectivity index (χ0) is 15.0. The Morgan fingerprint density at radius 1 is 1.25 bits per heavy atom. The Morgan fingerprint density at radius 2 is 1.90 bits per heavy atom. The first kappa shape index (κ1) is 16.6. The average Bonchev–Trinajstić information content (AvgIpc) is 2.39. The predicted octanol–water partition coefficient (Wildman–Crippen LogP) is 2.79. The second kappa shape index (κ2) is 7.94. The van der Waals surface area contributed by atoms with Gasteiger partial charge in [0.05, 0.1) is 5.41 Å². The van der Waals surface area contributed by atoms with Gasteiger partial charge < -0.3 is 10.4 Å². The molecule has 5 heteroatoms. The molecule has 1 rings (SSSR count). The van der Waals surface area contributed by atoms with Crippen molar-refractivity contribution < 1.29 is 14.7 Å². The van der Waals surface area contributed by atoms with E-state index < -0.39 is 11.4 Å². The molecule has 4 nitrogen and oxygen atoms in total. The van der Waals surface area contributed by atoms with Crippen molar-refractivity contribution >= 4 is 23.6 Å². The standard InChI is InChI=1S/C15H21NO3S/c1-15(2,14(18)19)9-10-16-13(17)8-11-20-12-6-4-3-5-7-12/h3-7H,8-11H2,1-2H3,(H,16,17)(H,18,19). The third kappa shape index (κ3) is 6.10. The van der Waals surface area contributed by atoms with E-state index in [4.69, 9.17) is 5.11 Å². The smallest absolute Gasteiger partial charge is 0.309 e. The minimum Gasteiger partial charge on any atom is -0.481 e. The lowest BCUT2D eigenvalue weighted by molar-refractivity contribution is -0.147. The van der Waals surface area contributed by atoms with Gasteiger partial charge in [0.15, 0.2) is 0 Å². The lowest BCUT2D eigenvalue weighted by Gasteiger charge is -2.18. The molecule has 2 N–H and O–H groups in total. The van der Waals surface area contributed by atoms with E-state index in [0.717, 1.165) is 10.6 Å². The van der Waals surface area contributed by atoms with Crippen LogP contribution in [0.15, 0.2) is 35.2 Å². The molecule has 0 aliphatic carbocycles. The summed E-state index contributed by atoms with van der Waals surface area (Å²) < 4.78 is 0. The number of rotatable bonds is 8. The lowest BCUT2D eigenvalue weighted by atomic mass is 9.90. The molecule has 0 aliphatic heterocycles. The van der Waals surface area contributed by atoms with E-state index in [2.05, 4.69) is 5.32 Å². The highest BCUT2D eigenvalue weighted by Crippen LogP contribution is 2.19. The maximum atomic E-state index is 11.6. The number of nitrogens with one attached hydrogen (secondary N) is 1.